The second-order valence-corrected chi connectivity index (χ2v) is 11.2. The summed E-state index contributed by atoms with van der Waals surface area (Å²) in [6.45, 7) is 5.67. The Hall–Kier alpha value is -0.850. The van der Waals surface area contributed by atoms with Gasteiger partial charge in [0.15, 0.2) is 0 Å². The lowest BCUT2D eigenvalue weighted by molar-refractivity contribution is 0.0299. The van der Waals surface area contributed by atoms with Crippen LogP contribution in [0.3, 0.4) is 0 Å². The van der Waals surface area contributed by atoms with Crippen LogP contribution in [-0.2, 0) is 20.3 Å². The van der Waals surface area contributed by atoms with Crippen molar-refractivity contribution in [3.05, 3.63) is 47.3 Å². The number of ether oxygens (including phenoxy) is 1. The van der Waals surface area contributed by atoms with Gasteiger partial charge >= 0.3 is 15.2 Å². The van der Waals surface area contributed by atoms with Gasteiger partial charge in [0.1, 0.15) is 5.82 Å². The van der Waals surface area contributed by atoms with E-state index in [1.807, 2.05) is 20.8 Å². The lowest BCUT2D eigenvalue weighted by atomic mass is 10.0. The molecule has 7 nitrogen and oxygen atoms in total. The molecule has 1 atom stereocenters. The highest BCUT2D eigenvalue weighted by atomic mass is 31.2. The van der Waals surface area contributed by atoms with E-state index in [0.717, 1.165) is 25.0 Å². The maximum Gasteiger partial charge on any atom is 0.370 e. The van der Waals surface area contributed by atoms with Crippen molar-refractivity contribution in [1.82, 2.24) is 0 Å². The summed E-state index contributed by atoms with van der Waals surface area (Å²) < 4.78 is 42.5. The molecule has 0 aromatic heterocycles. The van der Waals surface area contributed by atoms with Crippen LogP contribution in [0.4, 0.5) is 4.39 Å². The predicted octanol–water partition coefficient (Wildman–Crippen LogP) is 4.17. The molecular formula is C18H29FO7P2. The Balaban J connectivity index is 2.98. The second-order valence-electron chi connectivity index (χ2n) is 7.24. The Kier molecular flexibility index (Phi) is 9.23. The summed E-state index contributed by atoms with van der Waals surface area (Å²) in [5, 5.41) is -3.00. The first-order valence-corrected chi connectivity index (χ1v) is 12.1. The Morgan fingerprint density at radius 1 is 1.11 bits per heavy atom. The highest BCUT2D eigenvalue weighted by molar-refractivity contribution is 7.72. The van der Waals surface area contributed by atoms with E-state index in [1.165, 1.54) is 17.7 Å². The Morgan fingerprint density at radius 3 is 2.11 bits per heavy atom. The topological polar surface area (TPSA) is 124 Å². The van der Waals surface area contributed by atoms with Gasteiger partial charge in [-0.1, -0.05) is 30.7 Å². The van der Waals surface area contributed by atoms with Crippen molar-refractivity contribution < 1.29 is 37.8 Å². The molecule has 1 rings (SSSR count). The van der Waals surface area contributed by atoms with Crippen LogP contribution in [0, 0.1) is 11.7 Å². The first-order chi connectivity index (χ1) is 12.8. The Morgan fingerprint density at radius 2 is 1.64 bits per heavy atom. The van der Waals surface area contributed by atoms with E-state index in [1.54, 1.807) is 0 Å². The van der Waals surface area contributed by atoms with E-state index in [2.05, 4.69) is 6.08 Å². The van der Waals surface area contributed by atoms with Crippen molar-refractivity contribution >= 4 is 15.2 Å². The van der Waals surface area contributed by atoms with E-state index < -0.39 is 32.5 Å². The number of halogens is 1. The average Bonchev–Trinajstić information content (AvgIpc) is 2.53. The molecule has 160 valence electrons. The number of benzene rings is 1. The first kappa shape index (κ1) is 25.2. The molecule has 0 aliphatic heterocycles. The smallest absolute Gasteiger partial charge is 0.352 e. The summed E-state index contributed by atoms with van der Waals surface area (Å²) in [4.78, 5) is 39.0. The minimum Gasteiger partial charge on any atom is -0.352 e. The zero-order valence-corrected chi connectivity index (χ0v) is 18.1. The molecule has 1 aromatic rings. The minimum absolute atomic E-state index is 0.132. The van der Waals surface area contributed by atoms with Crippen LogP contribution in [0.5, 0.6) is 0 Å². The third-order valence-corrected chi connectivity index (χ3v) is 8.37. The van der Waals surface area contributed by atoms with Gasteiger partial charge in [0.2, 0.25) is 0 Å². The molecule has 0 amide bonds. The maximum atomic E-state index is 13.1. The summed E-state index contributed by atoms with van der Waals surface area (Å²) >= 11 is 0. The standard InChI is InChI=1S/C18H29FO7P2/c1-14(2)5-4-6-15(3)11-12-26-18(27(20,21)22,28(23,24)25)13-16-7-9-17(19)10-8-16/h5,7-10,15H,4,6,11-13H2,1-3H3,(H2,20,21,22)(H2,23,24,25)/t15-/m0/s1. The third-order valence-electron chi connectivity index (χ3n) is 4.41. The fourth-order valence-electron chi connectivity index (χ4n) is 2.69. The lowest BCUT2D eigenvalue weighted by Crippen LogP contribution is -2.36. The molecule has 0 saturated heterocycles. The van der Waals surface area contributed by atoms with Crippen LogP contribution in [-0.4, -0.2) is 31.3 Å². The van der Waals surface area contributed by atoms with Crippen LogP contribution in [0.1, 0.15) is 45.6 Å². The molecule has 0 aliphatic carbocycles. The average molecular weight is 438 g/mol. The van der Waals surface area contributed by atoms with E-state index in [4.69, 9.17) is 4.74 Å². The maximum absolute atomic E-state index is 13.1. The van der Waals surface area contributed by atoms with Crippen LogP contribution >= 0.6 is 15.2 Å². The molecular weight excluding hydrogens is 409 g/mol. The molecule has 0 fully saturated rings. The normalized spacial score (nSPS) is 14.0. The molecule has 0 unspecified atom stereocenters. The van der Waals surface area contributed by atoms with Gasteiger partial charge in [-0.05, 0) is 56.7 Å². The fraction of sp³-hybridized carbons (Fsp3) is 0.556. The summed E-state index contributed by atoms with van der Waals surface area (Å²) in [6, 6.07) is 4.51. The number of hydrogen-bond donors (Lipinski definition) is 4. The molecule has 0 heterocycles. The highest BCUT2D eigenvalue weighted by Crippen LogP contribution is 2.70. The Labute approximate surface area is 165 Å². The zero-order valence-electron chi connectivity index (χ0n) is 16.3. The van der Waals surface area contributed by atoms with Crippen LogP contribution < -0.4 is 0 Å². The first-order valence-electron chi connectivity index (χ1n) is 8.91. The van der Waals surface area contributed by atoms with Crippen LogP contribution in [0.25, 0.3) is 0 Å². The summed E-state index contributed by atoms with van der Waals surface area (Å²) in [5.74, 6) is -0.444. The zero-order chi connectivity index (χ0) is 21.6. The monoisotopic (exact) mass is 438 g/mol. The van der Waals surface area contributed by atoms with Crippen molar-refractivity contribution in [2.45, 2.75) is 51.5 Å². The number of allylic oxidation sites excluding steroid dienone is 2. The van der Waals surface area contributed by atoms with Gasteiger partial charge in [0.05, 0.1) is 0 Å². The summed E-state index contributed by atoms with van der Waals surface area (Å²) in [5.41, 5.74) is 1.33. The van der Waals surface area contributed by atoms with Crippen molar-refractivity contribution in [2.24, 2.45) is 5.92 Å². The van der Waals surface area contributed by atoms with Crippen LogP contribution in [0.2, 0.25) is 0 Å². The molecule has 4 N–H and O–H groups in total. The van der Waals surface area contributed by atoms with E-state index in [0.29, 0.717) is 6.42 Å². The molecule has 1 aromatic carbocycles. The van der Waals surface area contributed by atoms with Gasteiger partial charge in [0, 0.05) is 13.0 Å². The van der Waals surface area contributed by atoms with Gasteiger partial charge in [-0.25, -0.2) is 4.39 Å². The largest absolute Gasteiger partial charge is 0.370 e. The molecule has 28 heavy (non-hydrogen) atoms. The van der Waals surface area contributed by atoms with Crippen molar-refractivity contribution in [1.29, 1.82) is 0 Å². The van der Waals surface area contributed by atoms with Gasteiger partial charge in [-0.3, -0.25) is 9.13 Å². The Bertz CT molecular complexity index is 726. The quantitative estimate of drug-likeness (QED) is 0.302. The van der Waals surface area contributed by atoms with E-state index in [9.17, 15) is 33.1 Å². The number of hydrogen-bond acceptors (Lipinski definition) is 3. The SMILES string of the molecule is CC(C)=CCC[C@H](C)CCOC(Cc1ccc(F)cc1)(P(=O)(O)O)P(=O)(O)O. The molecule has 0 radical (unpaired) electrons. The third kappa shape index (κ3) is 7.20. The summed E-state index contributed by atoms with van der Waals surface area (Å²) in [6.07, 6.45) is 3.35. The minimum atomic E-state index is -5.39. The molecule has 0 aliphatic rings. The second kappa shape index (κ2) is 10.3. The number of rotatable bonds is 11. The van der Waals surface area contributed by atoms with Crippen molar-refractivity contribution in [3.8, 4) is 0 Å². The molecule has 0 bridgehead atoms. The fourth-order valence-corrected chi connectivity index (χ4v) is 5.34. The molecule has 0 spiro atoms. The molecule has 10 heteroatoms. The van der Waals surface area contributed by atoms with E-state index in [-0.39, 0.29) is 18.1 Å². The van der Waals surface area contributed by atoms with E-state index >= 15 is 0 Å². The lowest BCUT2D eigenvalue weighted by Gasteiger charge is -2.34. The highest BCUT2D eigenvalue weighted by Gasteiger charge is 2.61. The molecule has 0 saturated carbocycles. The van der Waals surface area contributed by atoms with Crippen molar-refractivity contribution in [3.63, 3.8) is 0 Å². The van der Waals surface area contributed by atoms with Gasteiger partial charge < -0.3 is 24.3 Å². The van der Waals surface area contributed by atoms with Gasteiger partial charge in [0.25, 0.3) is 5.08 Å². The van der Waals surface area contributed by atoms with Gasteiger partial charge in [-0.15, -0.1) is 0 Å². The van der Waals surface area contributed by atoms with Crippen LogP contribution in [0.15, 0.2) is 35.9 Å². The predicted molar refractivity (Wildman–Crippen MR) is 105 cm³/mol. The van der Waals surface area contributed by atoms with Gasteiger partial charge in [-0.2, -0.15) is 0 Å². The van der Waals surface area contributed by atoms with Crippen molar-refractivity contribution in [2.75, 3.05) is 6.61 Å². The summed E-state index contributed by atoms with van der Waals surface area (Å²) in [7, 11) is -10.8.